The van der Waals surface area contributed by atoms with Crippen LogP contribution in [-0.4, -0.2) is 61.6 Å². The zero-order valence-corrected chi connectivity index (χ0v) is 24.8. The van der Waals surface area contributed by atoms with E-state index in [0.29, 0.717) is 22.9 Å². The van der Waals surface area contributed by atoms with E-state index >= 15 is 0 Å². The molecular formula is C29H37Cl2N3O3S. The van der Waals surface area contributed by atoms with E-state index < -0.39 is 15.6 Å². The van der Waals surface area contributed by atoms with Crippen LogP contribution in [0.3, 0.4) is 0 Å². The molecular weight excluding hydrogens is 541 g/mol. The molecule has 0 aromatic heterocycles. The van der Waals surface area contributed by atoms with E-state index in [2.05, 4.69) is 12.6 Å². The van der Waals surface area contributed by atoms with Crippen molar-refractivity contribution in [3.63, 3.8) is 0 Å². The summed E-state index contributed by atoms with van der Waals surface area (Å²) < 4.78 is 28.6. The molecule has 2 aliphatic rings. The minimum Gasteiger partial charge on any atom is -0.330 e. The number of carbonyl (C=O) groups excluding carboxylic acids is 1. The molecule has 0 bridgehead atoms. The van der Waals surface area contributed by atoms with Crippen molar-refractivity contribution in [3.8, 4) is 0 Å². The fourth-order valence-electron chi connectivity index (χ4n) is 5.83. The quantitative estimate of drug-likeness (QED) is 0.318. The molecule has 2 aromatic carbocycles. The molecule has 0 unspecified atom stereocenters. The third-order valence-corrected chi connectivity index (χ3v) is 10.4. The van der Waals surface area contributed by atoms with Crippen molar-refractivity contribution in [1.82, 2.24) is 13.5 Å². The summed E-state index contributed by atoms with van der Waals surface area (Å²) in [6, 6.07) is 14.9. The van der Waals surface area contributed by atoms with Crippen molar-refractivity contribution in [3.05, 3.63) is 82.4 Å². The first-order valence-corrected chi connectivity index (χ1v) is 15.1. The molecule has 1 aliphatic heterocycles. The Morgan fingerprint density at radius 3 is 2.29 bits per heavy atom. The molecule has 1 aliphatic carbocycles. The SMILES string of the molecule is C=CC[C@@]1(C)C[C@H](c2cccc(Cl)c2)[C@@H](c2ccc(Cl)cc2)N([C@H](CN(C)S(=O)(=O)N(C)C)C2CC2)C1=O. The van der Waals surface area contributed by atoms with E-state index in [4.69, 9.17) is 23.2 Å². The molecule has 2 fully saturated rings. The average molecular weight is 579 g/mol. The van der Waals surface area contributed by atoms with Crippen molar-refractivity contribution in [2.45, 2.75) is 50.6 Å². The summed E-state index contributed by atoms with van der Waals surface area (Å²) in [6.07, 6.45) is 4.86. The first kappa shape index (κ1) is 29.1. The number of piperidine rings is 1. The second-order valence-electron chi connectivity index (χ2n) is 11.1. The van der Waals surface area contributed by atoms with Crippen molar-refractivity contribution in [2.24, 2.45) is 11.3 Å². The number of likely N-dealkylation sites (tertiary alicyclic amines) is 1. The molecule has 0 radical (unpaired) electrons. The van der Waals surface area contributed by atoms with Gasteiger partial charge in [0.05, 0.1) is 11.5 Å². The Bertz CT molecular complexity index is 1280. The van der Waals surface area contributed by atoms with Crippen molar-refractivity contribution in [1.29, 1.82) is 0 Å². The highest BCUT2D eigenvalue weighted by Crippen LogP contribution is 2.54. The van der Waals surface area contributed by atoms with Gasteiger partial charge in [0.2, 0.25) is 5.91 Å². The van der Waals surface area contributed by atoms with Crippen LogP contribution in [0, 0.1) is 11.3 Å². The number of hydrogen-bond acceptors (Lipinski definition) is 3. The van der Waals surface area contributed by atoms with Crippen LogP contribution in [0.25, 0.3) is 0 Å². The van der Waals surface area contributed by atoms with Gasteiger partial charge in [-0.3, -0.25) is 4.79 Å². The smallest absolute Gasteiger partial charge is 0.281 e. The zero-order chi connectivity index (χ0) is 27.8. The van der Waals surface area contributed by atoms with Crippen LogP contribution >= 0.6 is 23.2 Å². The van der Waals surface area contributed by atoms with Crippen molar-refractivity contribution in [2.75, 3.05) is 27.7 Å². The molecule has 2 aromatic rings. The summed E-state index contributed by atoms with van der Waals surface area (Å²) in [5.74, 6) is 0.192. The largest absolute Gasteiger partial charge is 0.330 e. The van der Waals surface area contributed by atoms with Gasteiger partial charge in [-0.05, 0) is 67.0 Å². The molecule has 1 saturated carbocycles. The molecule has 4 atom stereocenters. The Morgan fingerprint density at radius 2 is 1.74 bits per heavy atom. The van der Waals surface area contributed by atoms with Crippen LogP contribution in [0.2, 0.25) is 10.0 Å². The standard InChI is InChI=1S/C29H37Cl2N3O3S/c1-6-16-29(2)18-25(22-8-7-9-24(31)17-22)27(21-12-14-23(30)15-13-21)34(28(29)35)26(20-10-11-20)19-33(5)38(36,37)32(3)4/h6-9,12-15,17,20,25-27H,1,10-11,16,18-19H2,2-5H3/t25-,26-,27-,29+/m1/s1. The molecule has 0 spiro atoms. The van der Waals surface area contributed by atoms with Gasteiger partial charge in [-0.25, -0.2) is 0 Å². The summed E-state index contributed by atoms with van der Waals surface area (Å²) in [5.41, 5.74) is 1.33. The maximum atomic E-state index is 14.5. The van der Waals surface area contributed by atoms with Crippen LogP contribution in [0.1, 0.15) is 55.7 Å². The lowest BCUT2D eigenvalue weighted by atomic mass is 9.67. The topological polar surface area (TPSA) is 60.9 Å². The van der Waals surface area contributed by atoms with Crippen LogP contribution in [0.5, 0.6) is 0 Å². The third-order valence-electron chi connectivity index (χ3n) is 8.01. The van der Waals surface area contributed by atoms with E-state index in [9.17, 15) is 13.2 Å². The van der Waals surface area contributed by atoms with Crippen molar-refractivity contribution < 1.29 is 13.2 Å². The zero-order valence-electron chi connectivity index (χ0n) is 22.5. The molecule has 9 heteroatoms. The van der Waals surface area contributed by atoms with Gasteiger partial charge in [0.15, 0.2) is 0 Å². The van der Waals surface area contributed by atoms with Gasteiger partial charge in [-0.2, -0.15) is 17.0 Å². The summed E-state index contributed by atoms with van der Waals surface area (Å²) in [7, 11) is 0.986. The lowest BCUT2D eigenvalue weighted by Gasteiger charge is -2.52. The van der Waals surface area contributed by atoms with E-state index in [1.807, 2.05) is 60.4 Å². The van der Waals surface area contributed by atoms with Crippen LogP contribution < -0.4 is 0 Å². The Labute approximate surface area is 237 Å². The lowest BCUT2D eigenvalue weighted by Crippen LogP contribution is -2.59. The summed E-state index contributed by atoms with van der Waals surface area (Å²) >= 11 is 12.7. The number of amides is 1. The maximum Gasteiger partial charge on any atom is 0.281 e. The molecule has 38 heavy (non-hydrogen) atoms. The Kier molecular flexibility index (Phi) is 8.65. The Balaban J connectivity index is 1.89. The number of likely N-dealkylation sites (N-methyl/N-ethyl adjacent to an activating group) is 1. The number of rotatable bonds is 10. The van der Waals surface area contributed by atoms with Gasteiger partial charge < -0.3 is 4.90 Å². The first-order chi connectivity index (χ1) is 17.9. The van der Waals surface area contributed by atoms with Gasteiger partial charge in [-0.15, -0.1) is 6.58 Å². The van der Waals surface area contributed by atoms with Crippen LogP contribution in [-0.2, 0) is 15.0 Å². The third kappa shape index (κ3) is 5.82. The fourth-order valence-corrected chi connectivity index (χ4v) is 7.06. The first-order valence-electron chi connectivity index (χ1n) is 13.0. The van der Waals surface area contributed by atoms with Gasteiger partial charge in [0.25, 0.3) is 10.2 Å². The molecule has 1 heterocycles. The van der Waals surface area contributed by atoms with E-state index in [1.54, 1.807) is 7.05 Å². The van der Waals surface area contributed by atoms with E-state index in [1.165, 1.54) is 22.7 Å². The molecule has 1 amide bonds. The lowest BCUT2D eigenvalue weighted by molar-refractivity contribution is -0.155. The monoisotopic (exact) mass is 577 g/mol. The molecule has 0 N–H and O–H groups in total. The summed E-state index contributed by atoms with van der Waals surface area (Å²) in [5, 5.41) is 1.26. The molecule has 4 rings (SSSR count). The number of hydrogen-bond donors (Lipinski definition) is 0. The highest BCUT2D eigenvalue weighted by Gasteiger charge is 2.53. The number of allylic oxidation sites excluding steroid dienone is 1. The molecule has 6 nitrogen and oxygen atoms in total. The van der Waals surface area contributed by atoms with Crippen LogP contribution in [0.15, 0.2) is 61.2 Å². The van der Waals surface area contributed by atoms with E-state index in [0.717, 1.165) is 24.0 Å². The molecule has 206 valence electrons. The Morgan fingerprint density at radius 1 is 1.08 bits per heavy atom. The highest BCUT2D eigenvalue weighted by atomic mass is 35.5. The van der Waals surface area contributed by atoms with Gasteiger partial charge in [-0.1, -0.05) is 60.5 Å². The second-order valence-corrected chi connectivity index (χ2v) is 14.2. The average Bonchev–Trinajstić information content (AvgIpc) is 3.70. The number of benzene rings is 2. The fraction of sp³-hybridized carbons (Fsp3) is 0.483. The summed E-state index contributed by atoms with van der Waals surface area (Å²) in [6.45, 7) is 6.17. The maximum absolute atomic E-state index is 14.5. The summed E-state index contributed by atoms with van der Waals surface area (Å²) in [4.78, 5) is 16.5. The van der Waals surface area contributed by atoms with Gasteiger partial charge >= 0.3 is 0 Å². The van der Waals surface area contributed by atoms with E-state index in [-0.39, 0.29) is 36.4 Å². The number of halogens is 2. The minimum absolute atomic E-state index is 0.0307. The number of nitrogens with zero attached hydrogens (tertiary/aromatic N) is 3. The minimum atomic E-state index is -3.65. The van der Waals surface area contributed by atoms with Gasteiger partial charge in [0, 0.05) is 49.7 Å². The number of carbonyl (C=O) groups is 1. The predicted octanol–water partition coefficient (Wildman–Crippen LogP) is 6.15. The normalized spacial score (nSPS) is 25.2. The predicted molar refractivity (Wildman–Crippen MR) is 155 cm³/mol. The Hall–Kier alpha value is -1.90. The van der Waals surface area contributed by atoms with Gasteiger partial charge in [0.1, 0.15) is 0 Å². The highest BCUT2D eigenvalue weighted by molar-refractivity contribution is 7.86. The molecule has 1 saturated heterocycles. The second kappa shape index (κ2) is 11.3. The van der Waals surface area contributed by atoms with Crippen LogP contribution in [0.4, 0.5) is 0 Å². The van der Waals surface area contributed by atoms with Crippen molar-refractivity contribution >= 4 is 39.3 Å².